The SMILES string of the molecule is C/C=C/C=C/C(=O)Cc1cc(O)c(OC)c(O)c1. The van der Waals surface area contributed by atoms with Gasteiger partial charge in [0, 0.05) is 6.42 Å². The molecule has 0 aromatic heterocycles. The molecule has 0 unspecified atom stereocenters. The number of carbonyl (C=O) groups excluding carboxylic acids is 1. The number of rotatable bonds is 5. The summed E-state index contributed by atoms with van der Waals surface area (Å²) in [4.78, 5) is 11.5. The molecule has 0 aliphatic rings. The average Bonchev–Trinajstić information content (AvgIpc) is 2.29. The lowest BCUT2D eigenvalue weighted by Crippen LogP contribution is -1.98. The third-order valence-electron chi connectivity index (χ3n) is 2.28. The number of ether oxygens (including phenoxy) is 1. The number of carbonyl (C=O) groups is 1. The first-order valence-corrected chi connectivity index (χ1v) is 5.49. The van der Waals surface area contributed by atoms with E-state index in [1.54, 1.807) is 12.2 Å². The third kappa shape index (κ3) is 3.66. The molecular formula is C14H16O4. The summed E-state index contributed by atoms with van der Waals surface area (Å²) in [6.45, 7) is 1.86. The Bertz CT molecular complexity index is 464. The summed E-state index contributed by atoms with van der Waals surface area (Å²) in [5.41, 5.74) is 0.529. The Morgan fingerprint density at radius 2 is 1.89 bits per heavy atom. The highest BCUT2D eigenvalue weighted by molar-refractivity contribution is 5.91. The predicted octanol–water partition coefficient (Wildman–Crippen LogP) is 2.35. The number of phenols is 2. The Morgan fingerprint density at radius 3 is 2.39 bits per heavy atom. The van der Waals surface area contributed by atoms with Crippen LogP contribution in [0, 0.1) is 0 Å². The second kappa shape index (κ2) is 6.49. The van der Waals surface area contributed by atoms with E-state index in [1.165, 1.54) is 25.3 Å². The normalized spacial score (nSPS) is 11.2. The Hall–Kier alpha value is -2.23. The van der Waals surface area contributed by atoms with Crippen LogP contribution in [-0.2, 0) is 11.2 Å². The van der Waals surface area contributed by atoms with Crippen molar-refractivity contribution in [2.75, 3.05) is 7.11 Å². The highest BCUT2D eigenvalue weighted by Gasteiger charge is 2.11. The fourth-order valence-electron chi connectivity index (χ4n) is 1.50. The van der Waals surface area contributed by atoms with Crippen molar-refractivity contribution in [3.63, 3.8) is 0 Å². The van der Waals surface area contributed by atoms with Gasteiger partial charge in [-0.3, -0.25) is 4.79 Å². The zero-order valence-electron chi connectivity index (χ0n) is 10.4. The number of phenolic OH excluding ortho intramolecular Hbond substituents is 2. The van der Waals surface area contributed by atoms with Gasteiger partial charge >= 0.3 is 0 Å². The molecule has 1 aromatic carbocycles. The van der Waals surface area contributed by atoms with Crippen molar-refractivity contribution in [1.29, 1.82) is 0 Å². The summed E-state index contributed by atoms with van der Waals surface area (Å²) in [6, 6.07) is 2.81. The van der Waals surface area contributed by atoms with Crippen LogP contribution in [-0.4, -0.2) is 23.1 Å². The Balaban J connectivity index is 2.83. The maximum atomic E-state index is 11.5. The molecule has 4 nitrogen and oxygen atoms in total. The summed E-state index contributed by atoms with van der Waals surface area (Å²) in [5.74, 6) is -0.469. The molecule has 0 saturated heterocycles. The predicted molar refractivity (Wildman–Crippen MR) is 69.0 cm³/mol. The summed E-state index contributed by atoms with van der Waals surface area (Å²) in [5, 5.41) is 19.1. The molecule has 0 amide bonds. The highest BCUT2D eigenvalue weighted by atomic mass is 16.5. The van der Waals surface area contributed by atoms with E-state index in [9.17, 15) is 15.0 Å². The van der Waals surface area contributed by atoms with E-state index in [4.69, 9.17) is 4.74 Å². The molecule has 96 valence electrons. The Labute approximate surface area is 106 Å². The van der Waals surface area contributed by atoms with Gasteiger partial charge in [0.25, 0.3) is 0 Å². The van der Waals surface area contributed by atoms with Crippen molar-refractivity contribution in [2.45, 2.75) is 13.3 Å². The van der Waals surface area contributed by atoms with Gasteiger partial charge in [-0.05, 0) is 30.7 Å². The molecule has 0 heterocycles. The Morgan fingerprint density at radius 1 is 1.28 bits per heavy atom. The zero-order valence-corrected chi connectivity index (χ0v) is 10.4. The minimum absolute atomic E-state index is 0.00987. The molecule has 0 bridgehead atoms. The van der Waals surface area contributed by atoms with Crippen LogP contribution in [0.25, 0.3) is 0 Å². The van der Waals surface area contributed by atoms with Crippen LogP contribution >= 0.6 is 0 Å². The van der Waals surface area contributed by atoms with E-state index in [0.29, 0.717) is 5.56 Å². The van der Waals surface area contributed by atoms with Crippen LogP contribution in [0.15, 0.2) is 36.4 Å². The van der Waals surface area contributed by atoms with Crippen LogP contribution in [0.4, 0.5) is 0 Å². The lowest BCUT2D eigenvalue weighted by atomic mass is 10.1. The molecule has 4 heteroatoms. The van der Waals surface area contributed by atoms with Crippen LogP contribution < -0.4 is 4.74 Å². The van der Waals surface area contributed by atoms with Gasteiger partial charge in [0.2, 0.25) is 5.75 Å². The highest BCUT2D eigenvalue weighted by Crippen LogP contribution is 2.36. The van der Waals surface area contributed by atoms with Crippen molar-refractivity contribution >= 4 is 5.78 Å². The van der Waals surface area contributed by atoms with Gasteiger partial charge in [-0.1, -0.05) is 18.2 Å². The van der Waals surface area contributed by atoms with E-state index in [2.05, 4.69) is 0 Å². The molecule has 0 spiro atoms. The number of benzene rings is 1. The van der Waals surface area contributed by atoms with E-state index in [1.807, 2.05) is 13.0 Å². The number of allylic oxidation sites excluding steroid dienone is 4. The number of hydrogen-bond donors (Lipinski definition) is 2. The first-order chi connectivity index (χ1) is 8.58. The molecule has 1 aromatic rings. The maximum absolute atomic E-state index is 11.5. The number of hydrogen-bond acceptors (Lipinski definition) is 4. The van der Waals surface area contributed by atoms with E-state index < -0.39 is 0 Å². The second-order valence-corrected chi connectivity index (χ2v) is 3.70. The monoisotopic (exact) mass is 248 g/mol. The lowest BCUT2D eigenvalue weighted by Gasteiger charge is -2.07. The Kier molecular flexibility index (Phi) is 4.99. The van der Waals surface area contributed by atoms with Crippen molar-refractivity contribution in [1.82, 2.24) is 0 Å². The molecule has 0 fully saturated rings. The molecule has 18 heavy (non-hydrogen) atoms. The summed E-state index contributed by atoms with van der Waals surface area (Å²) in [7, 11) is 1.35. The van der Waals surface area contributed by atoms with Gasteiger partial charge < -0.3 is 14.9 Å². The molecule has 0 aliphatic carbocycles. The molecule has 2 N–H and O–H groups in total. The van der Waals surface area contributed by atoms with Crippen LogP contribution in [0.3, 0.4) is 0 Å². The van der Waals surface area contributed by atoms with Crippen molar-refractivity contribution in [3.05, 3.63) is 42.0 Å². The van der Waals surface area contributed by atoms with E-state index >= 15 is 0 Å². The molecule has 1 rings (SSSR count). The van der Waals surface area contributed by atoms with Gasteiger partial charge in [0.05, 0.1) is 7.11 Å². The van der Waals surface area contributed by atoms with Gasteiger partial charge in [-0.25, -0.2) is 0 Å². The topological polar surface area (TPSA) is 66.8 Å². The first-order valence-electron chi connectivity index (χ1n) is 5.49. The number of ketones is 1. The summed E-state index contributed by atoms with van der Waals surface area (Å²) >= 11 is 0. The van der Waals surface area contributed by atoms with Crippen LogP contribution in [0.2, 0.25) is 0 Å². The quantitative estimate of drug-likeness (QED) is 0.620. The fourth-order valence-corrected chi connectivity index (χ4v) is 1.50. The average molecular weight is 248 g/mol. The maximum Gasteiger partial charge on any atom is 0.202 e. The summed E-state index contributed by atoms with van der Waals surface area (Å²) < 4.78 is 4.81. The van der Waals surface area contributed by atoms with E-state index in [-0.39, 0.29) is 29.5 Å². The van der Waals surface area contributed by atoms with Crippen LogP contribution in [0.5, 0.6) is 17.2 Å². The molecule has 0 saturated carbocycles. The molecule has 0 radical (unpaired) electrons. The standard InChI is InChI=1S/C14H16O4/c1-3-4-5-6-11(15)7-10-8-12(16)14(18-2)13(17)9-10/h3-6,8-9,16-17H,7H2,1-2H3/b4-3+,6-5+. The van der Waals surface area contributed by atoms with E-state index in [0.717, 1.165) is 0 Å². The van der Waals surface area contributed by atoms with Crippen molar-refractivity contribution < 1.29 is 19.7 Å². The zero-order chi connectivity index (χ0) is 13.5. The van der Waals surface area contributed by atoms with Gasteiger partial charge in [-0.15, -0.1) is 0 Å². The minimum Gasteiger partial charge on any atom is -0.504 e. The fraction of sp³-hybridized carbons (Fsp3) is 0.214. The summed E-state index contributed by atoms with van der Waals surface area (Å²) in [6.07, 6.45) is 6.76. The minimum atomic E-state index is -0.183. The van der Waals surface area contributed by atoms with Gasteiger partial charge in [0.1, 0.15) is 0 Å². The third-order valence-corrected chi connectivity index (χ3v) is 2.28. The van der Waals surface area contributed by atoms with Gasteiger partial charge in [0.15, 0.2) is 17.3 Å². The number of aromatic hydroxyl groups is 2. The van der Waals surface area contributed by atoms with Gasteiger partial charge in [-0.2, -0.15) is 0 Å². The molecule has 0 atom stereocenters. The largest absolute Gasteiger partial charge is 0.504 e. The second-order valence-electron chi connectivity index (χ2n) is 3.70. The van der Waals surface area contributed by atoms with Crippen LogP contribution in [0.1, 0.15) is 12.5 Å². The number of methoxy groups -OCH3 is 1. The molecular weight excluding hydrogens is 232 g/mol. The lowest BCUT2D eigenvalue weighted by molar-refractivity contribution is -0.114. The first kappa shape index (κ1) is 13.8. The smallest absolute Gasteiger partial charge is 0.202 e. The molecule has 0 aliphatic heterocycles. The van der Waals surface area contributed by atoms with Crippen molar-refractivity contribution in [2.24, 2.45) is 0 Å². The van der Waals surface area contributed by atoms with Crippen molar-refractivity contribution in [3.8, 4) is 17.2 Å².